The molecular formula is C26H31ClN2O3. The summed E-state index contributed by atoms with van der Waals surface area (Å²) in [4.78, 5) is 14.9. The second-order valence-corrected chi connectivity index (χ2v) is 8.88. The molecule has 32 heavy (non-hydrogen) atoms. The number of ether oxygens (including phenoxy) is 1. The fourth-order valence-electron chi connectivity index (χ4n) is 3.31. The molecule has 0 fully saturated rings. The minimum Gasteiger partial charge on any atom is -0.486 e. The number of hydrogen-bond acceptors (Lipinski definition) is 4. The third-order valence-electron chi connectivity index (χ3n) is 5.26. The lowest BCUT2D eigenvalue weighted by Gasteiger charge is -2.21. The van der Waals surface area contributed by atoms with E-state index in [0.29, 0.717) is 16.7 Å². The molecule has 1 amide bonds. The van der Waals surface area contributed by atoms with E-state index < -0.39 is 0 Å². The minimum absolute atomic E-state index is 0.147. The molecule has 0 spiro atoms. The topological polar surface area (TPSA) is 54.7 Å². The molecule has 3 aromatic rings. The maximum Gasteiger partial charge on any atom is 0.287 e. The highest BCUT2D eigenvalue weighted by Crippen LogP contribution is 2.22. The molecule has 1 N–H and O–H groups in total. The van der Waals surface area contributed by atoms with Gasteiger partial charge in [0.2, 0.25) is 0 Å². The van der Waals surface area contributed by atoms with Gasteiger partial charge in [0.05, 0.1) is 6.04 Å². The fourth-order valence-corrected chi connectivity index (χ4v) is 3.44. The van der Waals surface area contributed by atoms with E-state index in [1.807, 2.05) is 50.5 Å². The van der Waals surface area contributed by atoms with Gasteiger partial charge in [-0.1, -0.05) is 49.7 Å². The summed E-state index contributed by atoms with van der Waals surface area (Å²) < 4.78 is 11.5. The first kappa shape index (κ1) is 23.9. The summed E-state index contributed by atoms with van der Waals surface area (Å²) in [5.74, 6) is 1.85. The zero-order valence-electron chi connectivity index (χ0n) is 19.1. The van der Waals surface area contributed by atoms with Crippen molar-refractivity contribution in [2.75, 3.05) is 20.6 Å². The van der Waals surface area contributed by atoms with Crippen molar-refractivity contribution in [2.45, 2.75) is 38.8 Å². The maximum absolute atomic E-state index is 12.8. The molecule has 2 aromatic carbocycles. The number of rotatable bonds is 10. The van der Waals surface area contributed by atoms with Gasteiger partial charge in [-0.2, -0.15) is 0 Å². The third kappa shape index (κ3) is 6.87. The predicted octanol–water partition coefficient (Wildman–Crippen LogP) is 6.06. The number of halogens is 1. The van der Waals surface area contributed by atoms with E-state index in [1.54, 1.807) is 12.1 Å². The molecule has 0 bridgehead atoms. The monoisotopic (exact) mass is 454 g/mol. The van der Waals surface area contributed by atoms with E-state index in [9.17, 15) is 4.79 Å². The Kier molecular flexibility index (Phi) is 8.37. The Bertz CT molecular complexity index is 995. The largest absolute Gasteiger partial charge is 0.486 e. The molecule has 5 nitrogen and oxygen atoms in total. The van der Waals surface area contributed by atoms with Crippen LogP contribution < -0.4 is 10.1 Å². The summed E-state index contributed by atoms with van der Waals surface area (Å²) >= 11 is 6.02. The predicted molar refractivity (Wildman–Crippen MR) is 128 cm³/mol. The van der Waals surface area contributed by atoms with Gasteiger partial charge in [0.1, 0.15) is 18.1 Å². The van der Waals surface area contributed by atoms with Crippen molar-refractivity contribution < 1.29 is 13.9 Å². The van der Waals surface area contributed by atoms with E-state index in [-0.39, 0.29) is 24.3 Å². The second kappa shape index (κ2) is 11.2. The van der Waals surface area contributed by atoms with Crippen molar-refractivity contribution in [1.29, 1.82) is 0 Å². The average Bonchev–Trinajstić information content (AvgIpc) is 3.25. The maximum atomic E-state index is 12.8. The van der Waals surface area contributed by atoms with Gasteiger partial charge in [0, 0.05) is 5.02 Å². The first-order chi connectivity index (χ1) is 15.3. The van der Waals surface area contributed by atoms with Gasteiger partial charge >= 0.3 is 0 Å². The van der Waals surface area contributed by atoms with Gasteiger partial charge < -0.3 is 19.4 Å². The van der Waals surface area contributed by atoms with Crippen LogP contribution in [0.3, 0.4) is 0 Å². The summed E-state index contributed by atoms with van der Waals surface area (Å²) in [7, 11) is 4.02. The molecule has 0 aliphatic heterocycles. The van der Waals surface area contributed by atoms with Crippen LogP contribution in [0.5, 0.6) is 5.75 Å². The van der Waals surface area contributed by atoms with Crippen molar-refractivity contribution >= 4 is 17.5 Å². The van der Waals surface area contributed by atoms with Gasteiger partial charge in [0.25, 0.3) is 5.91 Å². The van der Waals surface area contributed by atoms with Crippen LogP contribution in [0.15, 0.2) is 65.1 Å². The lowest BCUT2D eigenvalue weighted by atomic mass is 10.0. The standard InChI is InChI=1S/C26H31ClN2O3/c1-18(2)19-7-11-22(12-8-19)31-17-23-13-14-25(32-23)26(30)28-24(15-16-29(3)4)20-5-9-21(27)10-6-20/h5-14,18,24H,15-17H2,1-4H3,(H,28,30). The second-order valence-electron chi connectivity index (χ2n) is 8.45. The molecule has 0 radical (unpaired) electrons. The Balaban J connectivity index is 1.61. The summed E-state index contributed by atoms with van der Waals surface area (Å²) in [6, 6.07) is 18.9. The zero-order chi connectivity index (χ0) is 23.1. The van der Waals surface area contributed by atoms with Crippen LogP contribution in [0.1, 0.15) is 59.7 Å². The summed E-state index contributed by atoms with van der Waals surface area (Å²) in [6.07, 6.45) is 0.767. The Labute approximate surface area is 195 Å². The van der Waals surface area contributed by atoms with E-state index in [4.69, 9.17) is 20.8 Å². The number of carbonyl (C=O) groups excluding carboxylic acids is 1. The van der Waals surface area contributed by atoms with Crippen LogP contribution in [0.25, 0.3) is 0 Å². The summed E-state index contributed by atoms with van der Waals surface area (Å²) in [5.41, 5.74) is 2.27. The molecular weight excluding hydrogens is 424 g/mol. The first-order valence-corrected chi connectivity index (χ1v) is 11.2. The average molecular weight is 455 g/mol. The lowest BCUT2D eigenvalue weighted by molar-refractivity contribution is 0.0900. The Morgan fingerprint density at radius 2 is 1.66 bits per heavy atom. The van der Waals surface area contributed by atoms with E-state index in [0.717, 1.165) is 24.3 Å². The van der Waals surface area contributed by atoms with Gasteiger partial charge in [-0.15, -0.1) is 0 Å². The Hall–Kier alpha value is -2.76. The molecule has 0 saturated carbocycles. The molecule has 1 atom stereocenters. The van der Waals surface area contributed by atoms with Crippen molar-refractivity contribution in [3.05, 3.63) is 88.3 Å². The van der Waals surface area contributed by atoms with Crippen molar-refractivity contribution in [3.63, 3.8) is 0 Å². The van der Waals surface area contributed by atoms with Gasteiger partial charge in [-0.05, 0) is 80.5 Å². The number of amides is 1. The van der Waals surface area contributed by atoms with Gasteiger partial charge in [-0.25, -0.2) is 0 Å². The van der Waals surface area contributed by atoms with E-state index >= 15 is 0 Å². The number of hydrogen-bond donors (Lipinski definition) is 1. The molecule has 1 heterocycles. The van der Waals surface area contributed by atoms with E-state index in [1.165, 1.54) is 5.56 Å². The van der Waals surface area contributed by atoms with Crippen LogP contribution in [-0.4, -0.2) is 31.4 Å². The molecule has 170 valence electrons. The third-order valence-corrected chi connectivity index (χ3v) is 5.51. The number of carbonyl (C=O) groups is 1. The van der Waals surface area contributed by atoms with Crippen molar-refractivity contribution in [1.82, 2.24) is 10.2 Å². The van der Waals surface area contributed by atoms with Crippen LogP contribution in [0.2, 0.25) is 5.02 Å². The molecule has 0 aliphatic carbocycles. The number of benzene rings is 2. The number of nitrogens with zero attached hydrogens (tertiary/aromatic N) is 1. The molecule has 6 heteroatoms. The zero-order valence-corrected chi connectivity index (χ0v) is 19.9. The van der Waals surface area contributed by atoms with Crippen LogP contribution in [-0.2, 0) is 6.61 Å². The van der Waals surface area contributed by atoms with Crippen LogP contribution in [0, 0.1) is 0 Å². The molecule has 0 aliphatic rings. The van der Waals surface area contributed by atoms with Crippen LogP contribution in [0.4, 0.5) is 0 Å². The lowest BCUT2D eigenvalue weighted by Crippen LogP contribution is -2.30. The summed E-state index contributed by atoms with van der Waals surface area (Å²) in [6.45, 7) is 5.41. The quantitative estimate of drug-likeness (QED) is 0.404. The first-order valence-electron chi connectivity index (χ1n) is 10.8. The van der Waals surface area contributed by atoms with Gasteiger partial charge in [-0.3, -0.25) is 4.79 Å². The van der Waals surface area contributed by atoms with Gasteiger partial charge in [0.15, 0.2) is 5.76 Å². The molecule has 0 saturated heterocycles. The Morgan fingerprint density at radius 3 is 2.28 bits per heavy atom. The van der Waals surface area contributed by atoms with Crippen LogP contribution >= 0.6 is 11.6 Å². The van der Waals surface area contributed by atoms with Crippen molar-refractivity contribution in [3.8, 4) is 5.75 Å². The Morgan fingerprint density at radius 1 is 1.00 bits per heavy atom. The number of nitrogens with one attached hydrogen (secondary N) is 1. The van der Waals surface area contributed by atoms with E-state index in [2.05, 4.69) is 36.2 Å². The summed E-state index contributed by atoms with van der Waals surface area (Å²) in [5, 5.41) is 3.75. The smallest absolute Gasteiger partial charge is 0.287 e. The molecule has 3 rings (SSSR count). The highest BCUT2D eigenvalue weighted by atomic mass is 35.5. The fraction of sp³-hybridized carbons (Fsp3) is 0.346. The number of furan rings is 1. The highest BCUT2D eigenvalue weighted by Gasteiger charge is 2.19. The normalized spacial score (nSPS) is 12.2. The highest BCUT2D eigenvalue weighted by molar-refractivity contribution is 6.30. The SMILES string of the molecule is CC(C)c1ccc(OCc2ccc(C(=O)NC(CCN(C)C)c3ccc(Cl)cc3)o2)cc1. The molecule has 1 unspecified atom stereocenters. The minimum atomic E-state index is -0.253. The van der Waals surface area contributed by atoms with Crippen molar-refractivity contribution in [2.24, 2.45) is 0 Å². The molecule has 1 aromatic heterocycles.